The lowest BCUT2D eigenvalue weighted by Crippen LogP contribution is -2.44. The van der Waals surface area contributed by atoms with E-state index in [2.05, 4.69) is 14.9 Å². The molecule has 1 aromatic carbocycles. The normalized spacial score (nSPS) is 15.8. The van der Waals surface area contributed by atoms with Crippen molar-refractivity contribution >= 4 is 15.9 Å². The monoisotopic (exact) mass is 404 g/mol. The van der Waals surface area contributed by atoms with E-state index in [1.807, 2.05) is 7.05 Å². The number of hydrogen-bond donors (Lipinski definition) is 1. The Bertz CT molecular complexity index is 921. The van der Waals surface area contributed by atoms with Gasteiger partial charge in [-0.05, 0) is 32.0 Å². The second-order valence-corrected chi connectivity index (χ2v) is 9.12. The fraction of sp³-hybridized carbons (Fsp3) is 0.421. The summed E-state index contributed by atoms with van der Waals surface area (Å²) in [4.78, 5) is 23.8. The molecule has 0 unspecified atom stereocenters. The predicted octanol–water partition coefficient (Wildman–Crippen LogP) is 2.12. The SMILES string of the molecule is CN(Cc1cnc(-c2ccc(S(C)(=O)=O)cc2)cn1)C1CCN(C(=O)O)CC1. The molecule has 150 valence electrons. The molecule has 0 aliphatic carbocycles. The Morgan fingerprint density at radius 3 is 2.32 bits per heavy atom. The van der Waals surface area contributed by atoms with Gasteiger partial charge in [0.05, 0.1) is 28.7 Å². The number of likely N-dealkylation sites (tertiary alicyclic amines) is 1. The fourth-order valence-electron chi connectivity index (χ4n) is 3.34. The second kappa shape index (κ2) is 8.24. The molecular weight excluding hydrogens is 380 g/mol. The molecule has 1 fully saturated rings. The molecule has 2 heterocycles. The molecule has 1 amide bonds. The molecule has 0 radical (unpaired) electrons. The number of hydrogen-bond acceptors (Lipinski definition) is 6. The van der Waals surface area contributed by atoms with Crippen LogP contribution in [0.1, 0.15) is 18.5 Å². The van der Waals surface area contributed by atoms with E-state index in [1.165, 1.54) is 11.2 Å². The van der Waals surface area contributed by atoms with Gasteiger partial charge in [0, 0.05) is 37.5 Å². The molecule has 0 atom stereocenters. The molecule has 1 aliphatic heterocycles. The van der Waals surface area contributed by atoms with Crippen LogP contribution in [0.4, 0.5) is 4.79 Å². The maximum Gasteiger partial charge on any atom is 0.407 e. The highest BCUT2D eigenvalue weighted by Crippen LogP contribution is 2.20. The largest absolute Gasteiger partial charge is 0.465 e. The molecule has 1 aromatic heterocycles. The lowest BCUT2D eigenvalue weighted by Gasteiger charge is -2.35. The molecule has 28 heavy (non-hydrogen) atoms. The van der Waals surface area contributed by atoms with Crippen LogP contribution < -0.4 is 0 Å². The maximum atomic E-state index is 11.5. The average Bonchev–Trinajstić information content (AvgIpc) is 2.68. The van der Waals surface area contributed by atoms with E-state index in [1.54, 1.807) is 36.7 Å². The van der Waals surface area contributed by atoms with Gasteiger partial charge >= 0.3 is 6.09 Å². The summed E-state index contributed by atoms with van der Waals surface area (Å²) in [6, 6.07) is 6.90. The Morgan fingerprint density at radius 1 is 1.18 bits per heavy atom. The van der Waals surface area contributed by atoms with Gasteiger partial charge in [0.15, 0.2) is 9.84 Å². The van der Waals surface area contributed by atoms with Crippen molar-refractivity contribution in [2.75, 3.05) is 26.4 Å². The number of nitrogens with zero attached hydrogens (tertiary/aromatic N) is 4. The molecule has 2 aromatic rings. The number of piperidine rings is 1. The summed E-state index contributed by atoms with van der Waals surface area (Å²) in [6.07, 6.45) is 5.35. The van der Waals surface area contributed by atoms with Crippen LogP contribution >= 0.6 is 0 Å². The van der Waals surface area contributed by atoms with Crippen molar-refractivity contribution in [2.45, 2.75) is 30.3 Å². The number of sulfone groups is 1. The van der Waals surface area contributed by atoms with E-state index < -0.39 is 15.9 Å². The lowest BCUT2D eigenvalue weighted by molar-refractivity contribution is 0.102. The van der Waals surface area contributed by atoms with Crippen molar-refractivity contribution in [3.8, 4) is 11.3 Å². The first-order valence-electron chi connectivity index (χ1n) is 9.03. The zero-order valence-electron chi connectivity index (χ0n) is 15.9. The molecular formula is C19H24N4O4S. The van der Waals surface area contributed by atoms with Gasteiger partial charge in [-0.2, -0.15) is 0 Å². The first-order chi connectivity index (χ1) is 13.2. The van der Waals surface area contributed by atoms with E-state index in [-0.39, 0.29) is 4.90 Å². The molecule has 1 saturated heterocycles. The van der Waals surface area contributed by atoms with Crippen LogP contribution in [-0.4, -0.2) is 71.8 Å². The number of benzene rings is 1. The Morgan fingerprint density at radius 2 is 1.82 bits per heavy atom. The van der Waals surface area contributed by atoms with Gasteiger partial charge in [-0.15, -0.1) is 0 Å². The molecule has 0 spiro atoms. The third-order valence-corrected chi connectivity index (χ3v) is 6.18. The molecule has 9 heteroatoms. The molecule has 3 rings (SSSR count). The van der Waals surface area contributed by atoms with Gasteiger partial charge in [-0.3, -0.25) is 14.9 Å². The maximum absolute atomic E-state index is 11.5. The Kier molecular flexibility index (Phi) is 5.95. The van der Waals surface area contributed by atoms with Crippen LogP contribution in [-0.2, 0) is 16.4 Å². The van der Waals surface area contributed by atoms with Crippen molar-refractivity contribution < 1.29 is 18.3 Å². The topological polar surface area (TPSA) is 104 Å². The van der Waals surface area contributed by atoms with Crippen LogP contribution in [0.15, 0.2) is 41.6 Å². The van der Waals surface area contributed by atoms with Gasteiger partial charge in [-0.1, -0.05) is 12.1 Å². The minimum atomic E-state index is -3.22. The Balaban J connectivity index is 1.61. The standard InChI is InChI=1S/C19H24N4O4S/c1-22(16-7-9-23(10-8-16)19(24)25)13-15-11-21-18(12-20-15)14-3-5-17(6-4-14)28(2,26)27/h3-6,11-12,16H,7-10,13H2,1-2H3,(H,24,25). The number of rotatable bonds is 5. The summed E-state index contributed by atoms with van der Waals surface area (Å²) in [6.45, 7) is 1.74. The molecule has 8 nitrogen and oxygen atoms in total. The van der Waals surface area contributed by atoms with E-state index in [4.69, 9.17) is 5.11 Å². The number of carboxylic acid groups (broad SMARTS) is 1. The summed E-state index contributed by atoms with van der Waals surface area (Å²) in [7, 11) is -1.20. The highest BCUT2D eigenvalue weighted by Gasteiger charge is 2.25. The first-order valence-corrected chi connectivity index (χ1v) is 10.9. The van der Waals surface area contributed by atoms with Crippen molar-refractivity contribution in [3.63, 3.8) is 0 Å². The average molecular weight is 404 g/mol. The van der Waals surface area contributed by atoms with Gasteiger partial charge in [0.1, 0.15) is 0 Å². The van der Waals surface area contributed by atoms with Crippen molar-refractivity contribution in [1.29, 1.82) is 0 Å². The van der Waals surface area contributed by atoms with Crippen molar-refractivity contribution in [2.24, 2.45) is 0 Å². The van der Waals surface area contributed by atoms with Gasteiger partial charge in [-0.25, -0.2) is 13.2 Å². The van der Waals surface area contributed by atoms with E-state index in [9.17, 15) is 13.2 Å². The molecule has 1 aliphatic rings. The summed E-state index contributed by atoms with van der Waals surface area (Å²) < 4.78 is 23.1. The van der Waals surface area contributed by atoms with Crippen LogP contribution in [0, 0.1) is 0 Å². The van der Waals surface area contributed by atoms with Gasteiger partial charge in [0.25, 0.3) is 0 Å². The number of aromatic nitrogens is 2. The van der Waals surface area contributed by atoms with Gasteiger partial charge in [0.2, 0.25) is 0 Å². The molecule has 0 bridgehead atoms. The summed E-state index contributed by atoms with van der Waals surface area (Å²) in [5, 5.41) is 9.04. The van der Waals surface area contributed by atoms with E-state index in [0.717, 1.165) is 24.1 Å². The van der Waals surface area contributed by atoms with Crippen molar-refractivity contribution in [3.05, 3.63) is 42.4 Å². The summed E-state index contributed by atoms with van der Waals surface area (Å²) >= 11 is 0. The minimum Gasteiger partial charge on any atom is -0.465 e. The third-order valence-electron chi connectivity index (χ3n) is 5.05. The smallest absolute Gasteiger partial charge is 0.407 e. The Labute approximate surface area is 164 Å². The molecule has 1 N–H and O–H groups in total. The Hall–Kier alpha value is -2.52. The van der Waals surface area contributed by atoms with Crippen molar-refractivity contribution in [1.82, 2.24) is 19.8 Å². The van der Waals surface area contributed by atoms with Crippen LogP contribution in [0.25, 0.3) is 11.3 Å². The first kappa shape index (κ1) is 20.2. The van der Waals surface area contributed by atoms with E-state index in [0.29, 0.717) is 31.4 Å². The number of carbonyl (C=O) groups is 1. The van der Waals surface area contributed by atoms with Gasteiger partial charge < -0.3 is 10.0 Å². The summed E-state index contributed by atoms with van der Waals surface area (Å²) in [5.41, 5.74) is 2.32. The quantitative estimate of drug-likeness (QED) is 0.814. The zero-order chi connectivity index (χ0) is 20.3. The number of amides is 1. The van der Waals surface area contributed by atoms with Crippen LogP contribution in [0.5, 0.6) is 0 Å². The predicted molar refractivity (Wildman–Crippen MR) is 105 cm³/mol. The second-order valence-electron chi connectivity index (χ2n) is 7.11. The van der Waals surface area contributed by atoms with E-state index >= 15 is 0 Å². The highest BCUT2D eigenvalue weighted by molar-refractivity contribution is 7.90. The third kappa shape index (κ3) is 4.85. The van der Waals surface area contributed by atoms with Crippen LogP contribution in [0.3, 0.4) is 0 Å². The fourth-order valence-corrected chi connectivity index (χ4v) is 3.97. The van der Waals surface area contributed by atoms with Crippen LogP contribution in [0.2, 0.25) is 0 Å². The molecule has 0 saturated carbocycles. The minimum absolute atomic E-state index is 0.274. The lowest BCUT2D eigenvalue weighted by atomic mass is 10.0. The zero-order valence-corrected chi connectivity index (χ0v) is 16.8. The highest BCUT2D eigenvalue weighted by atomic mass is 32.2. The summed E-state index contributed by atoms with van der Waals surface area (Å²) in [5.74, 6) is 0.